The Bertz CT molecular complexity index is 554. The van der Waals surface area contributed by atoms with Gasteiger partial charge in [-0.15, -0.1) is 11.3 Å². The largest absolute Gasteiger partial charge is 0.490 e. The molecule has 0 aliphatic heterocycles. The van der Waals surface area contributed by atoms with Gasteiger partial charge in [-0.1, -0.05) is 0 Å². The van der Waals surface area contributed by atoms with E-state index in [0.29, 0.717) is 24.7 Å². The number of hydrogen-bond acceptors (Lipinski definition) is 5. The van der Waals surface area contributed by atoms with Crippen molar-refractivity contribution in [3.63, 3.8) is 0 Å². The van der Waals surface area contributed by atoms with Crippen molar-refractivity contribution in [1.82, 2.24) is 4.98 Å². The van der Waals surface area contributed by atoms with Gasteiger partial charge >= 0.3 is 5.97 Å². The molecule has 1 N–H and O–H groups in total. The normalized spacial score (nSPS) is 10.2. The number of carbonyl (C=O) groups is 1. The first-order valence-corrected chi connectivity index (χ1v) is 6.59. The molecule has 6 heteroatoms. The molecular weight excluding hydrogens is 266 g/mol. The molecule has 0 atom stereocenters. The molecule has 0 saturated heterocycles. The fourth-order valence-electron chi connectivity index (χ4n) is 1.49. The molecule has 0 radical (unpaired) electrons. The van der Waals surface area contributed by atoms with E-state index in [9.17, 15) is 4.79 Å². The quantitative estimate of drug-likeness (QED) is 0.880. The molecule has 1 heterocycles. The Balaban J connectivity index is 2.16. The summed E-state index contributed by atoms with van der Waals surface area (Å²) in [7, 11) is 0. The lowest BCUT2D eigenvalue weighted by atomic mass is 10.2. The monoisotopic (exact) mass is 279 g/mol. The van der Waals surface area contributed by atoms with Crippen LogP contribution < -0.4 is 9.47 Å². The second-order valence-corrected chi connectivity index (χ2v) is 4.63. The van der Waals surface area contributed by atoms with Crippen LogP contribution in [0.4, 0.5) is 0 Å². The third-order valence-electron chi connectivity index (χ3n) is 2.34. The number of aromatic carboxylic acids is 1. The smallest absolute Gasteiger partial charge is 0.335 e. The number of aromatic nitrogens is 1. The maximum Gasteiger partial charge on any atom is 0.335 e. The van der Waals surface area contributed by atoms with E-state index in [1.165, 1.54) is 23.5 Å². The number of thiazole rings is 1. The molecular formula is C13H13NO4S. The Morgan fingerprint density at radius 3 is 2.84 bits per heavy atom. The summed E-state index contributed by atoms with van der Waals surface area (Å²) in [4.78, 5) is 15.9. The highest BCUT2D eigenvalue weighted by Crippen LogP contribution is 2.29. The van der Waals surface area contributed by atoms with E-state index in [4.69, 9.17) is 14.6 Å². The summed E-state index contributed by atoms with van der Waals surface area (Å²) < 4.78 is 11.0. The minimum absolute atomic E-state index is 0.175. The van der Waals surface area contributed by atoms with Crippen molar-refractivity contribution in [2.45, 2.75) is 13.5 Å². The van der Waals surface area contributed by atoms with Gasteiger partial charge in [-0.05, 0) is 25.1 Å². The number of nitrogens with zero attached hydrogens (tertiary/aromatic N) is 1. The molecule has 2 aromatic rings. The van der Waals surface area contributed by atoms with Crippen molar-refractivity contribution < 1.29 is 19.4 Å². The lowest BCUT2D eigenvalue weighted by Crippen LogP contribution is -2.02. The highest BCUT2D eigenvalue weighted by atomic mass is 32.1. The SMILES string of the molecule is CCOc1cc(C(=O)O)ccc1OCc1cncs1. The third-order valence-corrected chi connectivity index (χ3v) is 3.10. The maximum absolute atomic E-state index is 10.9. The summed E-state index contributed by atoms with van der Waals surface area (Å²) in [6, 6.07) is 4.57. The summed E-state index contributed by atoms with van der Waals surface area (Å²) in [5, 5.41) is 8.95. The van der Waals surface area contributed by atoms with Crippen LogP contribution in [0.15, 0.2) is 29.9 Å². The van der Waals surface area contributed by atoms with Crippen LogP contribution in [0.3, 0.4) is 0 Å². The first-order valence-electron chi connectivity index (χ1n) is 5.71. The summed E-state index contributed by atoms with van der Waals surface area (Å²) in [5.41, 5.74) is 1.91. The van der Waals surface area contributed by atoms with E-state index in [0.717, 1.165) is 4.88 Å². The van der Waals surface area contributed by atoms with Crippen LogP contribution in [0.2, 0.25) is 0 Å². The van der Waals surface area contributed by atoms with Gasteiger partial charge in [0.05, 0.1) is 22.6 Å². The fourth-order valence-corrected chi connectivity index (χ4v) is 2.00. The Morgan fingerprint density at radius 1 is 1.37 bits per heavy atom. The van der Waals surface area contributed by atoms with E-state index >= 15 is 0 Å². The molecule has 0 saturated carbocycles. The zero-order valence-corrected chi connectivity index (χ0v) is 11.1. The number of carboxylic acids is 1. The third kappa shape index (κ3) is 3.45. The van der Waals surface area contributed by atoms with Crippen LogP contribution in [0, 0.1) is 0 Å². The van der Waals surface area contributed by atoms with Crippen molar-refractivity contribution in [3.05, 3.63) is 40.3 Å². The number of ether oxygens (including phenoxy) is 2. The summed E-state index contributed by atoms with van der Waals surface area (Å²) >= 11 is 1.50. The van der Waals surface area contributed by atoms with E-state index in [1.54, 1.807) is 17.8 Å². The summed E-state index contributed by atoms with van der Waals surface area (Å²) in [6.07, 6.45) is 1.73. The molecule has 0 aliphatic carbocycles. The average molecular weight is 279 g/mol. The lowest BCUT2D eigenvalue weighted by molar-refractivity contribution is 0.0696. The predicted octanol–water partition coefficient (Wildman–Crippen LogP) is 2.82. The van der Waals surface area contributed by atoms with E-state index < -0.39 is 5.97 Å². The number of carboxylic acid groups (broad SMARTS) is 1. The minimum Gasteiger partial charge on any atom is -0.490 e. The lowest BCUT2D eigenvalue weighted by Gasteiger charge is -2.11. The summed E-state index contributed by atoms with van der Waals surface area (Å²) in [6.45, 7) is 2.66. The Labute approximate surface area is 114 Å². The van der Waals surface area contributed by atoms with Crippen molar-refractivity contribution in [2.75, 3.05) is 6.61 Å². The zero-order valence-electron chi connectivity index (χ0n) is 10.3. The second kappa shape index (κ2) is 6.19. The molecule has 100 valence electrons. The van der Waals surface area contributed by atoms with Crippen LogP contribution in [0.25, 0.3) is 0 Å². The maximum atomic E-state index is 10.9. The average Bonchev–Trinajstić information content (AvgIpc) is 2.90. The van der Waals surface area contributed by atoms with Crippen molar-refractivity contribution in [3.8, 4) is 11.5 Å². The minimum atomic E-state index is -0.991. The Hall–Kier alpha value is -2.08. The molecule has 0 fully saturated rings. The van der Waals surface area contributed by atoms with Gasteiger partial charge < -0.3 is 14.6 Å². The van der Waals surface area contributed by atoms with Gasteiger partial charge in [0.1, 0.15) is 6.61 Å². The molecule has 5 nitrogen and oxygen atoms in total. The van der Waals surface area contributed by atoms with E-state index in [-0.39, 0.29) is 5.56 Å². The van der Waals surface area contributed by atoms with E-state index in [1.807, 2.05) is 6.92 Å². The van der Waals surface area contributed by atoms with Crippen molar-refractivity contribution >= 4 is 17.3 Å². The number of benzene rings is 1. The van der Waals surface area contributed by atoms with Gasteiger partial charge in [-0.25, -0.2) is 4.79 Å². The molecule has 0 unspecified atom stereocenters. The molecule has 1 aromatic heterocycles. The fraction of sp³-hybridized carbons (Fsp3) is 0.231. The van der Waals surface area contributed by atoms with Gasteiger partial charge in [-0.3, -0.25) is 4.98 Å². The van der Waals surface area contributed by atoms with E-state index in [2.05, 4.69) is 4.98 Å². The van der Waals surface area contributed by atoms with Gasteiger partial charge in [0.15, 0.2) is 11.5 Å². The molecule has 0 amide bonds. The van der Waals surface area contributed by atoms with Gasteiger partial charge in [0.25, 0.3) is 0 Å². The van der Waals surface area contributed by atoms with Crippen LogP contribution >= 0.6 is 11.3 Å². The molecule has 0 spiro atoms. The van der Waals surface area contributed by atoms with Crippen molar-refractivity contribution in [2.24, 2.45) is 0 Å². The van der Waals surface area contributed by atoms with Crippen LogP contribution in [0.1, 0.15) is 22.2 Å². The van der Waals surface area contributed by atoms with Crippen LogP contribution in [-0.4, -0.2) is 22.7 Å². The standard InChI is InChI=1S/C13H13NO4S/c1-2-17-12-5-9(13(15)16)3-4-11(12)18-7-10-6-14-8-19-10/h3-6,8H,2,7H2,1H3,(H,15,16). The topological polar surface area (TPSA) is 68.7 Å². The van der Waals surface area contributed by atoms with Gasteiger partial charge in [-0.2, -0.15) is 0 Å². The van der Waals surface area contributed by atoms with Crippen molar-refractivity contribution in [1.29, 1.82) is 0 Å². The molecule has 1 aromatic carbocycles. The summed E-state index contributed by atoms with van der Waals surface area (Å²) in [5.74, 6) is -0.0258. The number of hydrogen-bond donors (Lipinski definition) is 1. The highest BCUT2D eigenvalue weighted by Gasteiger charge is 2.10. The molecule has 0 aliphatic rings. The molecule has 2 rings (SSSR count). The second-order valence-electron chi connectivity index (χ2n) is 3.66. The zero-order chi connectivity index (χ0) is 13.7. The molecule has 0 bridgehead atoms. The van der Waals surface area contributed by atoms with Crippen LogP contribution in [0.5, 0.6) is 11.5 Å². The first-order chi connectivity index (χ1) is 9.20. The first kappa shape index (κ1) is 13.4. The number of rotatable bonds is 6. The highest BCUT2D eigenvalue weighted by molar-refractivity contribution is 7.09. The predicted molar refractivity (Wildman–Crippen MR) is 71.0 cm³/mol. The van der Waals surface area contributed by atoms with Gasteiger partial charge in [0.2, 0.25) is 0 Å². The van der Waals surface area contributed by atoms with Gasteiger partial charge in [0, 0.05) is 6.20 Å². The molecule has 19 heavy (non-hydrogen) atoms. The Morgan fingerprint density at radius 2 is 2.21 bits per heavy atom. The van der Waals surface area contributed by atoms with Crippen LogP contribution in [-0.2, 0) is 6.61 Å². The Kier molecular flexibility index (Phi) is 4.35.